The molecule has 0 bridgehead atoms. The number of anilines is 1. The second-order valence-electron chi connectivity index (χ2n) is 8.39. The van der Waals surface area contributed by atoms with Crippen molar-refractivity contribution < 1.29 is 9.90 Å². The molecule has 2 aliphatic rings. The minimum Gasteiger partial charge on any atom is -0.387 e. The fourth-order valence-corrected chi connectivity index (χ4v) is 3.84. The summed E-state index contributed by atoms with van der Waals surface area (Å²) in [4.78, 5) is 17.0. The normalized spacial score (nSPS) is 22.7. The number of β-amino-alcohol motifs (C(OH)–C–C–N with tert-alkyl or cyclic N) is 1. The van der Waals surface area contributed by atoms with E-state index in [0.717, 1.165) is 30.8 Å². The van der Waals surface area contributed by atoms with Crippen LogP contribution in [0.2, 0.25) is 0 Å². The highest BCUT2D eigenvalue weighted by molar-refractivity contribution is 5.99. The summed E-state index contributed by atoms with van der Waals surface area (Å²) in [5.74, 6) is 0.166. The number of nitrogens with zero attached hydrogens (tertiary/aromatic N) is 2. The Labute approximate surface area is 145 Å². The zero-order chi connectivity index (χ0) is 17.5. The van der Waals surface area contributed by atoms with Crippen molar-refractivity contribution in [3.63, 3.8) is 0 Å². The molecule has 2 unspecified atom stereocenters. The molecule has 0 aliphatic carbocycles. The Morgan fingerprint density at radius 2 is 1.96 bits per heavy atom. The minimum atomic E-state index is -0.448. The van der Waals surface area contributed by atoms with Gasteiger partial charge >= 0.3 is 0 Å². The van der Waals surface area contributed by atoms with Crippen molar-refractivity contribution in [3.05, 3.63) is 29.3 Å². The molecule has 2 aliphatic heterocycles. The van der Waals surface area contributed by atoms with Gasteiger partial charge in [-0.15, -0.1) is 0 Å². The SMILES string of the molecule is CC1Cc2cc(C(O)CN3CCCC3)ccc2N1C(=O)C(C)(C)C. The van der Waals surface area contributed by atoms with Gasteiger partial charge in [-0.25, -0.2) is 0 Å². The van der Waals surface area contributed by atoms with Crippen molar-refractivity contribution in [3.8, 4) is 0 Å². The zero-order valence-electron chi connectivity index (χ0n) is 15.4. The van der Waals surface area contributed by atoms with Crippen LogP contribution in [0.1, 0.15) is 57.8 Å². The van der Waals surface area contributed by atoms with Gasteiger partial charge in [-0.2, -0.15) is 0 Å². The van der Waals surface area contributed by atoms with Gasteiger partial charge in [-0.3, -0.25) is 4.79 Å². The Morgan fingerprint density at radius 3 is 2.58 bits per heavy atom. The Kier molecular flexibility index (Phi) is 4.71. The first-order valence-corrected chi connectivity index (χ1v) is 9.14. The molecule has 1 saturated heterocycles. The van der Waals surface area contributed by atoms with E-state index >= 15 is 0 Å². The Hall–Kier alpha value is -1.39. The second kappa shape index (κ2) is 6.49. The lowest BCUT2D eigenvalue weighted by atomic mass is 9.94. The molecule has 1 aromatic rings. The highest BCUT2D eigenvalue weighted by Gasteiger charge is 2.36. The van der Waals surface area contributed by atoms with Crippen LogP contribution >= 0.6 is 0 Å². The molecule has 2 heterocycles. The van der Waals surface area contributed by atoms with Crippen molar-refractivity contribution in [1.29, 1.82) is 0 Å². The molecule has 3 rings (SSSR count). The number of rotatable bonds is 3. The standard InChI is InChI=1S/C20H30N2O2/c1-14-11-16-12-15(18(23)13-21-9-5-6-10-21)7-8-17(16)22(14)19(24)20(2,3)4/h7-8,12,14,18,23H,5-6,9-11,13H2,1-4H3. The lowest BCUT2D eigenvalue weighted by molar-refractivity contribution is -0.126. The smallest absolute Gasteiger partial charge is 0.232 e. The quantitative estimate of drug-likeness (QED) is 0.926. The summed E-state index contributed by atoms with van der Waals surface area (Å²) in [5.41, 5.74) is 2.78. The Morgan fingerprint density at radius 1 is 1.29 bits per heavy atom. The van der Waals surface area contributed by atoms with Gasteiger partial charge in [0.25, 0.3) is 0 Å². The maximum atomic E-state index is 12.8. The summed E-state index contributed by atoms with van der Waals surface area (Å²) < 4.78 is 0. The Balaban J connectivity index is 1.79. The number of fused-ring (bicyclic) bond motifs is 1. The molecule has 1 fully saturated rings. The number of benzene rings is 1. The number of hydrogen-bond donors (Lipinski definition) is 1. The summed E-state index contributed by atoms with van der Waals surface area (Å²) in [6.45, 7) is 10.9. The summed E-state index contributed by atoms with van der Waals surface area (Å²) >= 11 is 0. The van der Waals surface area contributed by atoms with Gasteiger partial charge in [0.2, 0.25) is 5.91 Å². The number of likely N-dealkylation sites (tertiary alicyclic amines) is 1. The van der Waals surface area contributed by atoms with E-state index in [1.807, 2.05) is 37.8 Å². The van der Waals surface area contributed by atoms with E-state index in [2.05, 4.69) is 17.9 Å². The van der Waals surface area contributed by atoms with Crippen LogP contribution in [0.5, 0.6) is 0 Å². The topological polar surface area (TPSA) is 43.8 Å². The van der Waals surface area contributed by atoms with Crippen LogP contribution in [0.3, 0.4) is 0 Å². The van der Waals surface area contributed by atoms with Crippen LogP contribution in [-0.2, 0) is 11.2 Å². The molecular formula is C20H30N2O2. The fourth-order valence-electron chi connectivity index (χ4n) is 3.84. The molecule has 1 N–H and O–H groups in total. The summed E-state index contributed by atoms with van der Waals surface area (Å²) in [6.07, 6.45) is 2.88. The van der Waals surface area contributed by atoms with Crippen LogP contribution in [-0.4, -0.2) is 41.6 Å². The molecule has 1 amide bonds. The van der Waals surface area contributed by atoms with Crippen LogP contribution < -0.4 is 4.90 Å². The summed E-state index contributed by atoms with van der Waals surface area (Å²) in [7, 11) is 0. The molecule has 0 aromatic heterocycles. The summed E-state index contributed by atoms with van der Waals surface area (Å²) in [5, 5.41) is 10.6. The van der Waals surface area contributed by atoms with Gasteiger partial charge in [-0.05, 0) is 56.5 Å². The highest BCUT2D eigenvalue weighted by atomic mass is 16.3. The van der Waals surface area contributed by atoms with Crippen molar-refractivity contribution in [2.24, 2.45) is 5.41 Å². The molecular weight excluding hydrogens is 300 g/mol. The molecule has 24 heavy (non-hydrogen) atoms. The predicted octanol–water partition coefficient (Wildman–Crippen LogP) is 3.14. The van der Waals surface area contributed by atoms with Gasteiger partial charge in [0.15, 0.2) is 0 Å². The first-order chi connectivity index (χ1) is 11.3. The number of aliphatic hydroxyl groups is 1. The second-order valence-corrected chi connectivity index (χ2v) is 8.39. The molecule has 4 heteroatoms. The van der Waals surface area contributed by atoms with Crippen LogP contribution in [0.25, 0.3) is 0 Å². The predicted molar refractivity (Wildman–Crippen MR) is 97.2 cm³/mol. The molecule has 0 spiro atoms. The average Bonchev–Trinajstić information content (AvgIpc) is 3.11. The largest absolute Gasteiger partial charge is 0.387 e. The Bertz CT molecular complexity index is 615. The van der Waals surface area contributed by atoms with Crippen molar-refractivity contribution >= 4 is 11.6 Å². The van der Waals surface area contributed by atoms with E-state index in [-0.39, 0.29) is 17.4 Å². The van der Waals surface area contributed by atoms with E-state index in [0.29, 0.717) is 6.54 Å². The van der Waals surface area contributed by atoms with Crippen molar-refractivity contribution in [2.75, 3.05) is 24.5 Å². The summed E-state index contributed by atoms with van der Waals surface area (Å²) in [6, 6.07) is 6.28. The first-order valence-electron chi connectivity index (χ1n) is 9.14. The van der Waals surface area contributed by atoms with Gasteiger partial charge in [0.05, 0.1) is 6.10 Å². The van der Waals surface area contributed by atoms with Crippen LogP contribution in [0.4, 0.5) is 5.69 Å². The number of carbonyl (C=O) groups is 1. The van der Waals surface area contributed by atoms with E-state index in [4.69, 9.17) is 0 Å². The molecule has 1 aromatic carbocycles. The molecule has 132 valence electrons. The van der Waals surface area contributed by atoms with Crippen LogP contribution in [0, 0.1) is 5.41 Å². The zero-order valence-corrected chi connectivity index (χ0v) is 15.4. The maximum absolute atomic E-state index is 12.8. The number of amides is 1. The van der Waals surface area contributed by atoms with E-state index in [9.17, 15) is 9.90 Å². The van der Waals surface area contributed by atoms with Crippen molar-refractivity contribution in [2.45, 2.75) is 59.1 Å². The van der Waals surface area contributed by atoms with Gasteiger partial charge in [0.1, 0.15) is 0 Å². The van der Waals surface area contributed by atoms with Gasteiger partial charge < -0.3 is 14.9 Å². The third-order valence-electron chi connectivity index (χ3n) is 5.19. The monoisotopic (exact) mass is 330 g/mol. The number of hydrogen-bond acceptors (Lipinski definition) is 3. The van der Waals surface area contributed by atoms with E-state index in [1.165, 1.54) is 18.4 Å². The van der Waals surface area contributed by atoms with E-state index < -0.39 is 6.10 Å². The van der Waals surface area contributed by atoms with E-state index in [1.54, 1.807) is 0 Å². The lowest BCUT2D eigenvalue weighted by Gasteiger charge is -2.30. The molecule has 2 atom stereocenters. The average molecular weight is 330 g/mol. The third-order valence-corrected chi connectivity index (χ3v) is 5.19. The number of carbonyl (C=O) groups excluding carboxylic acids is 1. The van der Waals surface area contributed by atoms with Gasteiger partial charge in [0, 0.05) is 23.7 Å². The minimum absolute atomic E-state index is 0.166. The maximum Gasteiger partial charge on any atom is 0.232 e. The fraction of sp³-hybridized carbons (Fsp3) is 0.650. The van der Waals surface area contributed by atoms with Crippen molar-refractivity contribution in [1.82, 2.24) is 4.90 Å². The third kappa shape index (κ3) is 3.35. The van der Waals surface area contributed by atoms with Gasteiger partial charge in [-0.1, -0.05) is 32.9 Å². The molecule has 4 nitrogen and oxygen atoms in total. The number of aliphatic hydroxyl groups excluding tert-OH is 1. The molecule has 0 saturated carbocycles. The lowest BCUT2D eigenvalue weighted by Crippen LogP contribution is -2.42. The van der Waals surface area contributed by atoms with Crippen LogP contribution in [0.15, 0.2) is 18.2 Å². The first kappa shape index (κ1) is 17.4. The highest BCUT2D eigenvalue weighted by Crippen LogP contribution is 2.37. The molecule has 0 radical (unpaired) electrons.